The third kappa shape index (κ3) is 4.64. The van der Waals surface area contributed by atoms with Crippen LogP contribution in [0.5, 0.6) is 5.75 Å². The Morgan fingerprint density at radius 1 is 1.09 bits per heavy atom. The molecule has 2 aliphatic heterocycles. The summed E-state index contributed by atoms with van der Waals surface area (Å²) in [6, 6.07) is 9.93. The first-order valence-corrected chi connectivity index (χ1v) is 12.6. The van der Waals surface area contributed by atoms with Crippen molar-refractivity contribution in [2.75, 3.05) is 58.5 Å². The molecule has 7 nitrogen and oxygen atoms in total. The van der Waals surface area contributed by atoms with E-state index in [0.29, 0.717) is 19.0 Å². The van der Waals surface area contributed by atoms with Gasteiger partial charge in [0.2, 0.25) is 10.0 Å². The molecule has 0 unspecified atom stereocenters. The minimum atomic E-state index is -3.75. The van der Waals surface area contributed by atoms with E-state index in [9.17, 15) is 8.42 Å². The van der Waals surface area contributed by atoms with Crippen LogP contribution in [0.2, 0.25) is 0 Å². The fourth-order valence-electron chi connectivity index (χ4n) is 4.54. The molecule has 1 atom stereocenters. The predicted molar refractivity (Wildman–Crippen MR) is 126 cm³/mol. The van der Waals surface area contributed by atoms with Crippen LogP contribution in [0, 0.1) is 13.8 Å². The number of hydrogen-bond acceptors (Lipinski definition) is 6. The molecule has 0 radical (unpaired) electrons. The number of benzene rings is 2. The number of aryl methyl sites for hydroxylation is 2. The van der Waals surface area contributed by atoms with Gasteiger partial charge in [0.15, 0.2) is 0 Å². The lowest BCUT2D eigenvalue weighted by Crippen LogP contribution is -2.43. The van der Waals surface area contributed by atoms with Gasteiger partial charge < -0.3 is 14.4 Å². The summed E-state index contributed by atoms with van der Waals surface area (Å²) in [6.45, 7) is 8.01. The molecule has 0 aliphatic carbocycles. The fourth-order valence-corrected chi connectivity index (χ4v) is 5.81. The SMILES string of the molecule is COc1cc(C)c(C)cc1S(=O)(=O)NC[C@@H](c1ccc2c(c1)CCN2C)N1CCOCC1. The number of ether oxygens (including phenoxy) is 2. The molecule has 2 heterocycles. The molecule has 0 spiro atoms. The van der Waals surface area contributed by atoms with Crippen LogP contribution in [0.1, 0.15) is 28.3 Å². The highest BCUT2D eigenvalue weighted by atomic mass is 32.2. The Balaban J connectivity index is 1.62. The summed E-state index contributed by atoms with van der Waals surface area (Å²) in [5.74, 6) is 0.365. The van der Waals surface area contributed by atoms with Gasteiger partial charge in [-0.2, -0.15) is 0 Å². The number of morpholine rings is 1. The van der Waals surface area contributed by atoms with Crippen LogP contribution < -0.4 is 14.4 Å². The van der Waals surface area contributed by atoms with Crippen LogP contribution in [0.4, 0.5) is 5.69 Å². The molecule has 2 aliphatic rings. The molecule has 32 heavy (non-hydrogen) atoms. The molecule has 8 heteroatoms. The molecular weight excluding hydrogens is 426 g/mol. The normalized spacial score (nSPS) is 17.9. The Kier molecular flexibility index (Phi) is 6.76. The topological polar surface area (TPSA) is 71.1 Å². The van der Waals surface area contributed by atoms with Crippen LogP contribution in [0.25, 0.3) is 0 Å². The van der Waals surface area contributed by atoms with E-state index < -0.39 is 10.0 Å². The van der Waals surface area contributed by atoms with E-state index in [-0.39, 0.29) is 17.5 Å². The Morgan fingerprint density at radius 3 is 2.53 bits per heavy atom. The molecule has 2 aromatic carbocycles. The van der Waals surface area contributed by atoms with Crippen LogP contribution in [0.3, 0.4) is 0 Å². The summed E-state index contributed by atoms with van der Waals surface area (Å²) >= 11 is 0. The van der Waals surface area contributed by atoms with Crippen LogP contribution in [0.15, 0.2) is 35.2 Å². The van der Waals surface area contributed by atoms with E-state index in [1.54, 1.807) is 12.1 Å². The number of likely N-dealkylation sites (N-methyl/N-ethyl adjacent to an activating group) is 1. The van der Waals surface area contributed by atoms with E-state index in [1.807, 2.05) is 13.8 Å². The maximum atomic E-state index is 13.3. The number of nitrogens with one attached hydrogen (secondary N) is 1. The molecule has 0 amide bonds. The first-order chi connectivity index (χ1) is 15.3. The largest absolute Gasteiger partial charge is 0.495 e. The maximum Gasteiger partial charge on any atom is 0.244 e. The zero-order chi connectivity index (χ0) is 22.9. The average molecular weight is 460 g/mol. The average Bonchev–Trinajstić information content (AvgIpc) is 3.16. The Hall–Kier alpha value is -2.13. The van der Waals surface area contributed by atoms with Gasteiger partial charge in [0.1, 0.15) is 10.6 Å². The summed E-state index contributed by atoms with van der Waals surface area (Å²) in [4.78, 5) is 4.75. The van der Waals surface area contributed by atoms with Crippen molar-refractivity contribution in [3.8, 4) is 5.75 Å². The van der Waals surface area contributed by atoms with Crippen molar-refractivity contribution in [3.05, 3.63) is 52.6 Å². The molecular formula is C24H33N3O4S. The van der Waals surface area contributed by atoms with Crippen molar-refractivity contribution in [2.45, 2.75) is 31.2 Å². The number of anilines is 1. The van der Waals surface area contributed by atoms with Gasteiger partial charge in [0.05, 0.1) is 20.3 Å². The molecule has 1 fully saturated rings. The van der Waals surface area contributed by atoms with Gasteiger partial charge in [-0.1, -0.05) is 12.1 Å². The van der Waals surface area contributed by atoms with Crippen molar-refractivity contribution >= 4 is 15.7 Å². The minimum absolute atomic E-state index is 0.0672. The van der Waals surface area contributed by atoms with Gasteiger partial charge in [0, 0.05) is 45.0 Å². The Bertz CT molecular complexity index is 1080. The van der Waals surface area contributed by atoms with E-state index in [4.69, 9.17) is 9.47 Å². The first kappa shape index (κ1) is 23.0. The molecule has 0 bridgehead atoms. The highest BCUT2D eigenvalue weighted by Gasteiger charge is 2.28. The molecule has 1 N–H and O–H groups in total. The maximum absolute atomic E-state index is 13.3. The van der Waals surface area contributed by atoms with Gasteiger partial charge in [0.25, 0.3) is 0 Å². The van der Waals surface area contributed by atoms with E-state index in [0.717, 1.165) is 42.7 Å². The zero-order valence-corrected chi connectivity index (χ0v) is 20.2. The zero-order valence-electron chi connectivity index (χ0n) is 19.3. The highest BCUT2D eigenvalue weighted by Crippen LogP contribution is 2.32. The lowest BCUT2D eigenvalue weighted by molar-refractivity contribution is 0.0172. The fraction of sp³-hybridized carbons (Fsp3) is 0.500. The van der Waals surface area contributed by atoms with Crippen molar-refractivity contribution in [1.29, 1.82) is 0 Å². The number of methoxy groups -OCH3 is 1. The molecule has 174 valence electrons. The standard InChI is InChI=1S/C24H33N3O4S/c1-17-13-23(30-4)24(14-18(17)2)32(28,29)25-16-22(27-9-11-31-12-10-27)19-5-6-21-20(15-19)7-8-26(21)3/h5-6,13-15,22,25H,7-12,16H2,1-4H3/t22-/m0/s1. The summed E-state index contributed by atoms with van der Waals surface area (Å²) in [5.41, 5.74) is 5.63. The Morgan fingerprint density at radius 2 is 1.81 bits per heavy atom. The first-order valence-electron chi connectivity index (χ1n) is 11.1. The second-order valence-electron chi connectivity index (χ2n) is 8.66. The summed E-state index contributed by atoms with van der Waals surface area (Å²) in [7, 11) is -0.137. The monoisotopic (exact) mass is 459 g/mol. The lowest BCUT2D eigenvalue weighted by atomic mass is 10.0. The van der Waals surface area contributed by atoms with Crippen molar-refractivity contribution in [2.24, 2.45) is 0 Å². The number of rotatable bonds is 7. The van der Waals surface area contributed by atoms with Crippen molar-refractivity contribution < 1.29 is 17.9 Å². The Labute approximate surface area is 191 Å². The second kappa shape index (κ2) is 9.39. The highest BCUT2D eigenvalue weighted by molar-refractivity contribution is 7.89. The van der Waals surface area contributed by atoms with E-state index in [1.165, 1.54) is 18.4 Å². The van der Waals surface area contributed by atoms with Gasteiger partial charge in [-0.05, 0) is 60.7 Å². The second-order valence-corrected chi connectivity index (χ2v) is 10.4. The molecule has 0 saturated carbocycles. The van der Waals surface area contributed by atoms with Crippen LogP contribution in [-0.2, 0) is 21.2 Å². The van der Waals surface area contributed by atoms with Gasteiger partial charge >= 0.3 is 0 Å². The third-order valence-electron chi connectivity index (χ3n) is 6.64. The van der Waals surface area contributed by atoms with Gasteiger partial charge in [-0.25, -0.2) is 13.1 Å². The number of fused-ring (bicyclic) bond motifs is 1. The predicted octanol–water partition coefficient (Wildman–Crippen LogP) is 2.66. The number of hydrogen-bond donors (Lipinski definition) is 1. The molecule has 1 saturated heterocycles. The summed E-state index contributed by atoms with van der Waals surface area (Å²) < 4.78 is 40.4. The van der Waals surface area contributed by atoms with Gasteiger partial charge in [-0.3, -0.25) is 4.90 Å². The number of nitrogens with zero attached hydrogens (tertiary/aromatic N) is 2. The van der Waals surface area contributed by atoms with E-state index in [2.05, 4.69) is 39.8 Å². The van der Waals surface area contributed by atoms with Crippen LogP contribution in [-0.4, -0.2) is 66.9 Å². The summed E-state index contributed by atoms with van der Waals surface area (Å²) in [6.07, 6.45) is 1.01. The quantitative estimate of drug-likeness (QED) is 0.687. The molecule has 0 aromatic heterocycles. The third-order valence-corrected chi connectivity index (χ3v) is 8.08. The van der Waals surface area contributed by atoms with Crippen molar-refractivity contribution in [1.82, 2.24) is 9.62 Å². The summed E-state index contributed by atoms with van der Waals surface area (Å²) in [5, 5.41) is 0. The van der Waals surface area contributed by atoms with Crippen molar-refractivity contribution in [3.63, 3.8) is 0 Å². The minimum Gasteiger partial charge on any atom is -0.495 e. The lowest BCUT2D eigenvalue weighted by Gasteiger charge is -2.35. The van der Waals surface area contributed by atoms with E-state index >= 15 is 0 Å². The molecule has 4 rings (SSSR count). The molecule has 2 aromatic rings. The van der Waals surface area contributed by atoms with Crippen LogP contribution >= 0.6 is 0 Å². The number of sulfonamides is 1. The smallest absolute Gasteiger partial charge is 0.244 e. The van der Waals surface area contributed by atoms with Gasteiger partial charge in [-0.15, -0.1) is 0 Å².